The first-order valence-electron chi connectivity index (χ1n) is 8.18. The van der Waals surface area contributed by atoms with Gasteiger partial charge >= 0.3 is 0 Å². The van der Waals surface area contributed by atoms with Crippen molar-refractivity contribution in [1.82, 2.24) is 4.90 Å². The minimum atomic E-state index is -0.0834. The first-order valence-corrected chi connectivity index (χ1v) is 8.18. The third-order valence-corrected chi connectivity index (χ3v) is 4.74. The average molecular weight is 286 g/mol. The number of nitrogens with two attached hydrogens (primary N) is 1. The van der Waals surface area contributed by atoms with E-state index in [2.05, 4.69) is 42.2 Å². The predicted molar refractivity (Wildman–Crippen MR) is 87.6 cm³/mol. The molecule has 1 aromatic carbocycles. The fourth-order valence-corrected chi connectivity index (χ4v) is 3.27. The highest BCUT2D eigenvalue weighted by Crippen LogP contribution is 2.37. The second kappa shape index (κ2) is 6.20. The number of aryl methyl sites for hydroxylation is 1. The molecule has 3 heteroatoms. The average Bonchev–Trinajstić information content (AvgIpc) is 2.54. The van der Waals surface area contributed by atoms with Gasteiger partial charge in [-0.25, -0.2) is 0 Å². The molecule has 0 saturated carbocycles. The van der Waals surface area contributed by atoms with Crippen LogP contribution in [0.4, 0.5) is 0 Å². The summed E-state index contributed by atoms with van der Waals surface area (Å²) < 4.78 is 6.37. The molecule has 0 unspecified atom stereocenters. The molecule has 2 heterocycles. The van der Waals surface area contributed by atoms with Gasteiger partial charge in [-0.2, -0.15) is 0 Å². The van der Waals surface area contributed by atoms with Gasteiger partial charge in [0, 0.05) is 31.5 Å². The van der Waals surface area contributed by atoms with Crippen LogP contribution in [0.3, 0.4) is 0 Å². The fraction of sp³-hybridized carbons (Fsp3) is 0.556. The molecule has 0 bridgehead atoms. The standard InChI is InChI=1S/C18H26N2O/c1-2-15-4-5-17-16(14-15)6-7-18(21-17)8-12-20(13-9-18)11-3-10-19/h4-7,14H,2-3,8-13,19H2,1H3. The largest absolute Gasteiger partial charge is 0.482 e. The Labute approximate surface area is 127 Å². The van der Waals surface area contributed by atoms with E-state index in [9.17, 15) is 0 Å². The van der Waals surface area contributed by atoms with Gasteiger partial charge in [-0.05, 0) is 49.7 Å². The van der Waals surface area contributed by atoms with Gasteiger partial charge in [-0.3, -0.25) is 0 Å². The Hall–Kier alpha value is -1.32. The first kappa shape index (κ1) is 14.6. The van der Waals surface area contributed by atoms with Gasteiger partial charge < -0.3 is 15.4 Å². The molecule has 3 rings (SSSR count). The summed E-state index contributed by atoms with van der Waals surface area (Å²) in [6.45, 7) is 6.30. The lowest BCUT2D eigenvalue weighted by molar-refractivity contribution is 0.0386. The van der Waals surface area contributed by atoms with Crippen LogP contribution in [-0.2, 0) is 6.42 Å². The highest BCUT2D eigenvalue weighted by molar-refractivity contribution is 5.62. The number of piperidine rings is 1. The van der Waals surface area contributed by atoms with Gasteiger partial charge in [-0.15, -0.1) is 0 Å². The van der Waals surface area contributed by atoms with Crippen LogP contribution in [0, 0.1) is 0 Å². The second-order valence-electron chi connectivity index (χ2n) is 6.21. The highest BCUT2D eigenvalue weighted by Gasteiger charge is 2.36. The number of benzene rings is 1. The molecule has 0 atom stereocenters. The van der Waals surface area contributed by atoms with Gasteiger partial charge in [0.05, 0.1) is 0 Å². The van der Waals surface area contributed by atoms with Crippen LogP contribution in [0.25, 0.3) is 6.08 Å². The topological polar surface area (TPSA) is 38.5 Å². The molecule has 3 nitrogen and oxygen atoms in total. The zero-order valence-corrected chi connectivity index (χ0v) is 13.0. The molecule has 0 radical (unpaired) electrons. The number of rotatable bonds is 4. The van der Waals surface area contributed by atoms with Gasteiger partial charge in [0.15, 0.2) is 0 Å². The third kappa shape index (κ3) is 3.14. The molecular formula is C18H26N2O. The lowest BCUT2D eigenvalue weighted by Crippen LogP contribution is -2.47. The minimum absolute atomic E-state index is 0.0834. The maximum Gasteiger partial charge on any atom is 0.130 e. The van der Waals surface area contributed by atoms with E-state index in [0.717, 1.165) is 57.6 Å². The zero-order valence-electron chi connectivity index (χ0n) is 13.0. The summed E-state index contributed by atoms with van der Waals surface area (Å²) >= 11 is 0. The smallest absolute Gasteiger partial charge is 0.130 e. The summed E-state index contributed by atoms with van der Waals surface area (Å²) in [4.78, 5) is 2.50. The van der Waals surface area contributed by atoms with E-state index in [-0.39, 0.29) is 5.60 Å². The van der Waals surface area contributed by atoms with Crippen LogP contribution in [0.5, 0.6) is 5.75 Å². The lowest BCUT2D eigenvalue weighted by Gasteiger charge is -2.42. The van der Waals surface area contributed by atoms with Gasteiger partial charge in [0.1, 0.15) is 11.4 Å². The zero-order chi connectivity index (χ0) is 14.7. The Morgan fingerprint density at radius 2 is 2.10 bits per heavy atom. The van der Waals surface area contributed by atoms with Gasteiger partial charge in [-0.1, -0.05) is 19.1 Å². The molecule has 2 aliphatic rings. The summed E-state index contributed by atoms with van der Waals surface area (Å²) in [6.07, 6.45) is 8.85. The van der Waals surface area contributed by atoms with Crippen LogP contribution in [0.15, 0.2) is 24.3 Å². The molecule has 0 aromatic heterocycles. The number of nitrogens with zero attached hydrogens (tertiary/aromatic N) is 1. The van der Waals surface area contributed by atoms with E-state index in [1.807, 2.05) is 0 Å². The minimum Gasteiger partial charge on any atom is -0.482 e. The van der Waals surface area contributed by atoms with E-state index in [1.54, 1.807) is 0 Å². The van der Waals surface area contributed by atoms with Crippen molar-refractivity contribution >= 4 is 6.08 Å². The van der Waals surface area contributed by atoms with Crippen molar-refractivity contribution in [3.8, 4) is 5.75 Å². The van der Waals surface area contributed by atoms with Crippen LogP contribution >= 0.6 is 0 Å². The molecule has 21 heavy (non-hydrogen) atoms. The third-order valence-electron chi connectivity index (χ3n) is 4.74. The monoisotopic (exact) mass is 286 g/mol. The van der Waals surface area contributed by atoms with E-state index in [0.29, 0.717) is 0 Å². The van der Waals surface area contributed by atoms with Crippen LogP contribution in [0.1, 0.15) is 37.3 Å². The van der Waals surface area contributed by atoms with Gasteiger partial charge in [0.2, 0.25) is 0 Å². The SMILES string of the molecule is CCc1ccc2c(c1)C=CC1(CCN(CCCN)CC1)O2. The predicted octanol–water partition coefficient (Wildman–Crippen LogP) is 2.84. The fourth-order valence-electron chi connectivity index (χ4n) is 3.27. The maximum absolute atomic E-state index is 6.37. The van der Waals surface area contributed by atoms with Crippen molar-refractivity contribution < 1.29 is 4.74 Å². The Bertz CT molecular complexity index is 516. The van der Waals surface area contributed by atoms with Crippen molar-refractivity contribution in [2.24, 2.45) is 5.73 Å². The molecule has 2 aliphatic heterocycles. The summed E-state index contributed by atoms with van der Waals surface area (Å²) in [5, 5.41) is 0. The van der Waals surface area contributed by atoms with E-state index >= 15 is 0 Å². The molecule has 1 aromatic rings. The van der Waals surface area contributed by atoms with Crippen LogP contribution in [-0.4, -0.2) is 36.7 Å². The maximum atomic E-state index is 6.37. The number of hydrogen-bond donors (Lipinski definition) is 1. The van der Waals surface area contributed by atoms with Crippen LogP contribution in [0.2, 0.25) is 0 Å². The molecule has 0 amide bonds. The normalized spacial score (nSPS) is 20.3. The summed E-state index contributed by atoms with van der Waals surface area (Å²) in [5.74, 6) is 1.05. The summed E-state index contributed by atoms with van der Waals surface area (Å²) in [6, 6.07) is 6.57. The molecule has 2 N–H and O–H groups in total. The van der Waals surface area contributed by atoms with Crippen molar-refractivity contribution in [3.63, 3.8) is 0 Å². The number of hydrogen-bond acceptors (Lipinski definition) is 3. The molecule has 114 valence electrons. The Morgan fingerprint density at radius 3 is 2.81 bits per heavy atom. The second-order valence-corrected chi connectivity index (χ2v) is 6.21. The first-order chi connectivity index (χ1) is 10.2. The Morgan fingerprint density at radius 1 is 1.29 bits per heavy atom. The number of ether oxygens (including phenoxy) is 1. The molecule has 1 spiro atoms. The number of likely N-dealkylation sites (tertiary alicyclic amines) is 1. The summed E-state index contributed by atoms with van der Waals surface area (Å²) in [7, 11) is 0. The number of fused-ring (bicyclic) bond motifs is 1. The quantitative estimate of drug-likeness (QED) is 0.925. The highest BCUT2D eigenvalue weighted by atomic mass is 16.5. The van der Waals surface area contributed by atoms with Crippen molar-refractivity contribution in [1.29, 1.82) is 0 Å². The molecule has 0 aliphatic carbocycles. The van der Waals surface area contributed by atoms with Gasteiger partial charge in [0.25, 0.3) is 0 Å². The van der Waals surface area contributed by atoms with E-state index in [4.69, 9.17) is 10.5 Å². The lowest BCUT2D eigenvalue weighted by atomic mass is 9.87. The Balaban J connectivity index is 1.67. The van der Waals surface area contributed by atoms with Crippen LogP contribution < -0.4 is 10.5 Å². The molecular weight excluding hydrogens is 260 g/mol. The van der Waals surface area contributed by atoms with Crippen molar-refractivity contribution in [3.05, 3.63) is 35.4 Å². The molecule has 1 fully saturated rings. The Kier molecular flexibility index (Phi) is 4.32. The molecule has 1 saturated heterocycles. The van der Waals surface area contributed by atoms with E-state index in [1.165, 1.54) is 11.1 Å². The summed E-state index contributed by atoms with van der Waals surface area (Å²) in [5.41, 5.74) is 8.11. The van der Waals surface area contributed by atoms with E-state index < -0.39 is 0 Å². The van der Waals surface area contributed by atoms with Crippen molar-refractivity contribution in [2.75, 3.05) is 26.2 Å². The van der Waals surface area contributed by atoms with Crippen molar-refractivity contribution in [2.45, 2.75) is 38.2 Å².